The summed E-state index contributed by atoms with van der Waals surface area (Å²) < 4.78 is 15.5. The summed E-state index contributed by atoms with van der Waals surface area (Å²) in [5, 5.41) is 0.427. The third-order valence-electron chi connectivity index (χ3n) is 2.47. The lowest BCUT2D eigenvalue weighted by molar-refractivity contribution is 0.313. The quantitative estimate of drug-likeness (QED) is 0.886. The summed E-state index contributed by atoms with van der Waals surface area (Å²) in [5.74, 6) is 1.01. The molecule has 1 heterocycles. The summed E-state index contributed by atoms with van der Waals surface area (Å²) in [5.41, 5.74) is 0.226. The number of aromatic nitrogens is 2. The Kier molecular flexibility index (Phi) is 3.36. The van der Waals surface area contributed by atoms with Crippen LogP contribution in [0.4, 0.5) is 0 Å². The summed E-state index contributed by atoms with van der Waals surface area (Å²) in [6.45, 7) is 2.25. The van der Waals surface area contributed by atoms with Crippen LogP contribution in [0.25, 0.3) is 10.9 Å². The van der Waals surface area contributed by atoms with Gasteiger partial charge in [0.05, 0.1) is 31.7 Å². The molecule has 1 aromatic carbocycles. The van der Waals surface area contributed by atoms with Gasteiger partial charge in [-0.25, -0.2) is 0 Å². The second kappa shape index (κ2) is 4.95. The van der Waals surface area contributed by atoms with Crippen LogP contribution in [0.2, 0.25) is 0 Å². The van der Waals surface area contributed by atoms with Crippen molar-refractivity contribution in [2.45, 2.75) is 6.92 Å². The number of nitrogens with one attached hydrogen (secondary N) is 1. The van der Waals surface area contributed by atoms with E-state index >= 15 is 0 Å². The van der Waals surface area contributed by atoms with Gasteiger partial charge in [-0.2, -0.15) is 4.98 Å². The monoisotopic (exact) mass is 250 g/mol. The van der Waals surface area contributed by atoms with Gasteiger partial charge in [-0.05, 0) is 13.0 Å². The van der Waals surface area contributed by atoms with Crippen LogP contribution in [-0.2, 0) is 0 Å². The van der Waals surface area contributed by atoms with Crippen molar-refractivity contribution in [2.24, 2.45) is 0 Å². The molecular formula is C12H14N2O4. The Morgan fingerprint density at radius 2 is 1.89 bits per heavy atom. The van der Waals surface area contributed by atoms with Crippen molar-refractivity contribution in [1.82, 2.24) is 9.97 Å². The van der Waals surface area contributed by atoms with Gasteiger partial charge < -0.3 is 14.2 Å². The van der Waals surface area contributed by atoms with Gasteiger partial charge in [0.1, 0.15) is 0 Å². The van der Waals surface area contributed by atoms with Crippen LogP contribution in [0.15, 0.2) is 16.9 Å². The molecule has 0 unspecified atom stereocenters. The van der Waals surface area contributed by atoms with E-state index in [1.54, 1.807) is 12.1 Å². The number of hydrogen-bond donors (Lipinski definition) is 1. The molecule has 0 saturated carbocycles. The molecule has 6 heteroatoms. The fraction of sp³-hybridized carbons (Fsp3) is 0.333. The van der Waals surface area contributed by atoms with Crippen LogP contribution in [-0.4, -0.2) is 30.8 Å². The lowest BCUT2D eigenvalue weighted by atomic mass is 10.2. The molecule has 0 fully saturated rings. The summed E-state index contributed by atoms with van der Waals surface area (Å²) in [4.78, 5) is 18.6. The van der Waals surface area contributed by atoms with Gasteiger partial charge in [0.2, 0.25) is 0 Å². The zero-order chi connectivity index (χ0) is 13.1. The highest BCUT2D eigenvalue weighted by molar-refractivity contribution is 5.82. The molecule has 0 atom stereocenters. The molecule has 0 bridgehead atoms. The van der Waals surface area contributed by atoms with Gasteiger partial charge >= 0.3 is 0 Å². The first-order valence-electron chi connectivity index (χ1n) is 5.48. The minimum absolute atomic E-state index is 0.196. The number of fused-ring (bicyclic) bond motifs is 1. The standard InChI is InChI=1S/C12H14N2O4/c1-4-18-12-13-8-6-10(17-3)9(16-2)5-7(8)11(15)14-12/h5-6H,4H2,1-3H3,(H,13,14,15). The largest absolute Gasteiger partial charge is 0.493 e. The van der Waals surface area contributed by atoms with Crippen molar-refractivity contribution < 1.29 is 14.2 Å². The van der Waals surface area contributed by atoms with Gasteiger partial charge in [0.15, 0.2) is 11.5 Å². The smallest absolute Gasteiger partial charge is 0.296 e. The van der Waals surface area contributed by atoms with Gasteiger partial charge in [-0.1, -0.05) is 0 Å². The number of nitrogens with zero attached hydrogens (tertiary/aromatic N) is 1. The Morgan fingerprint density at radius 3 is 2.50 bits per heavy atom. The molecule has 2 rings (SSSR count). The van der Waals surface area contributed by atoms with Crippen LogP contribution in [0.5, 0.6) is 17.5 Å². The summed E-state index contributed by atoms with van der Waals surface area (Å²) in [6.07, 6.45) is 0. The van der Waals surface area contributed by atoms with E-state index in [2.05, 4.69) is 9.97 Å². The molecule has 1 aromatic heterocycles. The van der Waals surface area contributed by atoms with Crippen LogP contribution < -0.4 is 19.8 Å². The number of rotatable bonds is 4. The van der Waals surface area contributed by atoms with E-state index in [4.69, 9.17) is 14.2 Å². The summed E-state index contributed by atoms with van der Waals surface area (Å²) >= 11 is 0. The first-order valence-corrected chi connectivity index (χ1v) is 5.48. The molecule has 0 aliphatic heterocycles. The second-order valence-electron chi connectivity index (χ2n) is 3.53. The third kappa shape index (κ3) is 2.09. The van der Waals surface area contributed by atoms with Crippen LogP contribution >= 0.6 is 0 Å². The molecule has 6 nitrogen and oxygen atoms in total. The maximum absolute atomic E-state index is 11.9. The zero-order valence-electron chi connectivity index (χ0n) is 10.4. The number of aromatic amines is 1. The number of benzene rings is 1. The van der Waals surface area contributed by atoms with E-state index in [1.165, 1.54) is 14.2 Å². The van der Waals surface area contributed by atoms with Crippen molar-refractivity contribution in [3.63, 3.8) is 0 Å². The fourth-order valence-corrected chi connectivity index (χ4v) is 1.65. The number of H-pyrrole nitrogens is 1. The summed E-state index contributed by atoms with van der Waals surface area (Å²) in [7, 11) is 3.04. The average molecular weight is 250 g/mol. The van der Waals surface area contributed by atoms with Gasteiger partial charge in [-0.15, -0.1) is 0 Å². The lowest BCUT2D eigenvalue weighted by Gasteiger charge is -2.09. The van der Waals surface area contributed by atoms with E-state index in [1.807, 2.05) is 6.92 Å². The molecular weight excluding hydrogens is 236 g/mol. The SMILES string of the molecule is CCOc1nc2cc(OC)c(OC)cc2c(=O)[nH]1. The Morgan fingerprint density at radius 1 is 1.22 bits per heavy atom. The highest BCUT2D eigenvalue weighted by atomic mass is 16.5. The molecule has 0 spiro atoms. The Hall–Kier alpha value is -2.24. The Labute approximate surface area is 104 Å². The predicted octanol–water partition coefficient (Wildman–Crippen LogP) is 1.34. The van der Waals surface area contributed by atoms with Crippen LogP contribution in [0, 0.1) is 0 Å². The minimum atomic E-state index is -0.274. The molecule has 0 amide bonds. The van der Waals surface area contributed by atoms with E-state index in [9.17, 15) is 4.79 Å². The van der Waals surface area contributed by atoms with Gasteiger partial charge in [0.25, 0.3) is 11.6 Å². The van der Waals surface area contributed by atoms with Crippen LogP contribution in [0.3, 0.4) is 0 Å². The van der Waals surface area contributed by atoms with E-state index in [0.717, 1.165) is 0 Å². The minimum Gasteiger partial charge on any atom is -0.493 e. The molecule has 2 aromatic rings. The van der Waals surface area contributed by atoms with Crippen molar-refractivity contribution in [2.75, 3.05) is 20.8 Å². The number of hydrogen-bond acceptors (Lipinski definition) is 5. The molecule has 0 saturated heterocycles. The van der Waals surface area contributed by atoms with Gasteiger partial charge in [0, 0.05) is 6.07 Å². The van der Waals surface area contributed by atoms with Gasteiger partial charge in [-0.3, -0.25) is 9.78 Å². The molecule has 1 N–H and O–H groups in total. The average Bonchev–Trinajstić information content (AvgIpc) is 2.37. The van der Waals surface area contributed by atoms with E-state index in [0.29, 0.717) is 29.0 Å². The molecule has 0 aliphatic carbocycles. The first-order chi connectivity index (χ1) is 8.69. The predicted molar refractivity (Wildman–Crippen MR) is 66.6 cm³/mol. The van der Waals surface area contributed by atoms with Crippen LogP contribution in [0.1, 0.15) is 6.92 Å². The maximum atomic E-state index is 11.9. The third-order valence-corrected chi connectivity index (χ3v) is 2.47. The second-order valence-corrected chi connectivity index (χ2v) is 3.53. The lowest BCUT2D eigenvalue weighted by Crippen LogP contribution is -2.11. The highest BCUT2D eigenvalue weighted by Crippen LogP contribution is 2.30. The Bertz CT molecular complexity index is 621. The number of ether oxygens (including phenoxy) is 3. The van der Waals surface area contributed by atoms with E-state index < -0.39 is 0 Å². The highest BCUT2D eigenvalue weighted by Gasteiger charge is 2.11. The zero-order valence-corrected chi connectivity index (χ0v) is 10.4. The molecule has 0 aliphatic rings. The molecule has 18 heavy (non-hydrogen) atoms. The van der Waals surface area contributed by atoms with E-state index in [-0.39, 0.29) is 11.6 Å². The van der Waals surface area contributed by atoms with Crippen molar-refractivity contribution >= 4 is 10.9 Å². The number of methoxy groups -OCH3 is 2. The molecule has 96 valence electrons. The maximum Gasteiger partial charge on any atom is 0.296 e. The summed E-state index contributed by atoms with van der Waals surface area (Å²) in [6, 6.07) is 3.43. The first kappa shape index (κ1) is 12.2. The molecule has 0 radical (unpaired) electrons. The normalized spacial score (nSPS) is 10.4. The Balaban J connectivity index is 2.68. The van der Waals surface area contributed by atoms with Crippen molar-refractivity contribution in [1.29, 1.82) is 0 Å². The van der Waals surface area contributed by atoms with Crippen molar-refractivity contribution in [3.05, 3.63) is 22.5 Å². The topological polar surface area (TPSA) is 73.4 Å². The van der Waals surface area contributed by atoms with Crippen molar-refractivity contribution in [3.8, 4) is 17.5 Å². The fourth-order valence-electron chi connectivity index (χ4n) is 1.65.